The summed E-state index contributed by atoms with van der Waals surface area (Å²) in [5, 5.41) is -0.334. The van der Waals surface area contributed by atoms with Crippen LogP contribution in [0.3, 0.4) is 0 Å². The summed E-state index contributed by atoms with van der Waals surface area (Å²) in [7, 11) is -3.40. The SMILES string of the molecule is CCC1(c2cc(NS(=O)(=O)C3CC3)ccc2F)C2CN(C(=O)OC(C)(C)C)CC21. The van der Waals surface area contributed by atoms with Crippen molar-refractivity contribution in [1.29, 1.82) is 0 Å². The highest BCUT2D eigenvalue weighted by Crippen LogP contribution is 2.66. The standard InChI is InChI=1S/C21H29FN2O4S/c1-5-21(16-11-24(12-17(16)21)19(25)28-20(2,3)4)15-10-13(6-9-18(15)22)23-29(26,27)14-7-8-14/h6,9-10,14,16-17,23H,5,7-8,11-12H2,1-4H3. The molecule has 2 unspecified atom stereocenters. The lowest BCUT2D eigenvalue weighted by Crippen LogP contribution is -2.39. The Morgan fingerprint density at radius 2 is 1.90 bits per heavy atom. The number of hydrogen-bond acceptors (Lipinski definition) is 4. The minimum Gasteiger partial charge on any atom is -0.444 e. The third-order valence-corrected chi connectivity index (χ3v) is 8.33. The van der Waals surface area contributed by atoms with E-state index in [2.05, 4.69) is 4.72 Å². The average Bonchev–Trinajstić information content (AvgIpc) is 3.51. The molecule has 1 saturated heterocycles. The van der Waals surface area contributed by atoms with Crippen molar-refractivity contribution in [2.45, 2.75) is 63.2 Å². The molecule has 6 nitrogen and oxygen atoms in total. The van der Waals surface area contributed by atoms with Crippen molar-refractivity contribution in [3.8, 4) is 0 Å². The summed E-state index contributed by atoms with van der Waals surface area (Å²) >= 11 is 0. The van der Waals surface area contributed by atoms with Gasteiger partial charge in [-0.15, -0.1) is 0 Å². The van der Waals surface area contributed by atoms with Gasteiger partial charge in [0.15, 0.2) is 0 Å². The molecule has 8 heteroatoms. The molecule has 2 aliphatic carbocycles. The van der Waals surface area contributed by atoms with E-state index in [0.717, 1.165) is 6.42 Å². The summed E-state index contributed by atoms with van der Waals surface area (Å²) in [5.41, 5.74) is 0.0547. The van der Waals surface area contributed by atoms with Crippen LogP contribution in [0.1, 0.15) is 52.5 Å². The Labute approximate surface area is 171 Å². The van der Waals surface area contributed by atoms with Gasteiger partial charge in [-0.25, -0.2) is 17.6 Å². The van der Waals surface area contributed by atoms with Gasteiger partial charge >= 0.3 is 6.09 Å². The predicted octanol–water partition coefficient (Wildman–Crippen LogP) is 3.87. The molecule has 1 aliphatic heterocycles. The van der Waals surface area contributed by atoms with Crippen LogP contribution in [0.5, 0.6) is 0 Å². The number of rotatable bonds is 5. The first-order valence-electron chi connectivity index (χ1n) is 10.3. The van der Waals surface area contributed by atoms with Gasteiger partial charge in [0.05, 0.1) is 5.25 Å². The molecule has 1 heterocycles. The normalized spacial score (nSPS) is 28.8. The van der Waals surface area contributed by atoms with E-state index in [1.54, 1.807) is 11.0 Å². The van der Waals surface area contributed by atoms with Gasteiger partial charge in [-0.3, -0.25) is 4.72 Å². The summed E-state index contributed by atoms with van der Waals surface area (Å²) in [4.78, 5) is 14.1. The van der Waals surface area contributed by atoms with Crippen LogP contribution in [-0.2, 0) is 20.2 Å². The average molecular weight is 425 g/mol. The molecule has 0 aromatic heterocycles. The van der Waals surface area contributed by atoms with E-state index in [-0.39, 0.29) is 34.4 Å². The largest absolute Gasteiger partial charge is 0.444 e. The first-order valence-corrected chi connectivity index (χ1v) is 11.8. The fourth-order valence-corrected chi connectivity index (χ4v) is 6.27. The Kier molecular flexibility index (Phi) is 4.64. The number of hydrogen-bond donors (Lipinski definition) is 1. The first kappa shape index (κ1) is 20.4. The summed E-state index contributed by atoms with van der Waals surface area (Å²) in [6.07, 6.45) is 1.75. The molecule has 0 radical (unpaired) electrons. The second-order valence-corrected chi connectivity index (χ2v) is 11.5. The van der Waals surface area contributed by atoms with E-state index in [4.69, 9.17) is 4.74 Å². The number of anilines is 1. The molecule has 2 saturated carbocycles. The topological polar surface area (TPSA) is 75.7 Å². The highest BCUT2D eigenvalue weighted by molar-refractivity contribution is 7.93. The molecule has 4 rings (SSSR count). The second kappa shape index (κ2) is 6.59. The van der Waals surface area contributed by atoms with Crippen LogP contribution < -0.4 is 4.72 Å². The molecule has 3 fully saturated rings. The molecule has 29 heavy (non-hydrogen) atoms. The van der Waals surface area contributed by atoms with Crippen molar-refractivity contribution in [1.82, 2.24) is 4.90 Å². The number of nitrogens with zero attached hydrogens (tertiary/aromatic N) is 1. The monoisotopic (exact) mass is 424 g/mol. The van der Waals surface area contributed by atoms with Gasteiger partial charge in [-0.1, -0.05) is 6.92 Å². The number of ether oxygens (including phenoxy) is 1. The number of carbonyl (C=O) groups is 1. The van der Waals surface area contributed by atoms with Crippen LogP contribution in [0.25, 0.3) is 0 Å². The molecular formula is C21H29FN2O4S. The Morgan fingerprint density at radius 1 is 1.28 bits per heavy atom. The third-order valence-electron chi connectivity index (χ3n) is 6.46. The number of fused-ring (bicyclic) bond motifs is 1. The van der Waals surface area contributed by atoms with Crippen LogP contribution in [0.15, 0.2) is 18.2 Å². The zero-order valence-electron chi connectivity index (χ0n) is 17.4. The lowest BCUT2D eigenvalue weighted by molar-refractivity contribution is 0.0260. The zero-order chi connectivity index (χ0) is 21.2. The Morgan fingerprint density at radius 3 is 2.41 bits per heavy atom. The van der Waals surface area contributed by atoms with Crippen LogP contribution in [0.2, 0.25) is 0 Å². The summed E-state index contributed by atoms with van der Waals surface area (Å²) in [5.74, 6) is -0.00551. The molecule has 160 valence electrons. The maximum atomic E-state index is 14.8. The number of halogens is 1. The Balaban J connectivity index is 1.53. The van der Waals surface area contributed by atoms with E-state index < -0.39 is 15.6 Å². The molecule has 0 bridgehead atoms. The third kappa shape index (κ3) is 3.60. The van der Waals surface area contributed by atoms with Crippen molar-refractivity contribution >= 4 is 21.8 Å². The number of piperidine rings is 1. The highest BCUT2D eigenvalue weighted by atomic mass is 32.2. The smallest absolute Gasteiger partial charge is 0.410 e. The number of likely N-dealkylation sites (tertiary alicyclic amines) is 1. The van der Waals surface area contributed by atoms with Gasteiger partial charge in [0.25, 0.3) is 0 Å². The molecule has 1 N–H and O–H groups in total. The van der Waals surface area contributed by atoms with Crippen molar-refractivity contribution < 1.29 is 22.3 Å². The minimum atomic E-state index is -3.40. The lowest BCUT2D eigenvalue weighted by Gasteiger charge is -2.29. The van der Waals surface area contributed by atoms with Crippen molar-refractivity contribution in [3.63, 3.8) is 0 Å². The van der Waals surface area contributed by atoms with Crippen LogP contribution in [0.4, 0.5) is 14.9 Å². The van der Waals surface area contributed by atoms with Crippen molar-refractivity contribution in [2.24, 2.45) is 11.8 Å². The van der Waals surface area contributed by atoms with E-state index >= 15 is 0 Å². The lowest BCUT2D eigenvalue weighted by atomic mass is 9.87. The number of sulfonamides is 1. The highest BCUT2D eigenvalue weighted by Gasteiger charge is 2.69. The van der Waals surface area contributed by atoms with Gasteiger partial charge in [-0.05, 0) is 75.6 Å². The summed E-state index contributed by atoms with van der Waals surface area (Å²) in [6, 6.07) is 4.47. The fraction of sp³-hybridized carbons (Fsp3) is 0.667. The summed E-state index contributed by atoms with van der Waals surface area (Å²) < 4.78 is 47.4. The van der Waals surface area contributed by atoms with Crippen molar-refractivity contribution in [3.05, 3.63) is 29.6 Å². The quantitative estimate of drug-likeness (QED) is 0.778. The molecule has 1 aromatic rings. The molecular weight excluding hydrogens is 395 g/mol. The van der Waals surface area contributed by atoms with Gasteiger partial charge in [0, 0.05) is 24.2 Å². The van der Waals surface area contributed by atoms with E-state index in [9.17, 15) is 17.6 Å². The number of benzene rings is 1. The van der Waals surface area contributed by atoms with Crippen LogP contribution in [0, 0.1) is 17.7 Å². The van der Waals surface area contributed by atoms with Gasteiger partial charge in [0.1, 0.15) is 11.4 Å². The predicted molar refractivity (Wildman–Crippen MR) is 109 cm³/mol. The molecule has 2 atom stereocenters. The molecule has 0 spiro atoms. The second-order valence-electron chi connectivity index (χ2n) is 9.53. The van der Waals surface area contributed by atoms with Gasteiger partial charge in [0.2, 0.25) is 10.0 Å². The van der Waals surface area contributed by atoms with Crippen LogP contribution >= 0.6 is 0 Å². The van der Waals surface area contributed by atoms with Gasteiger partial charge < -0.3 is 9.64 Å². The van der Waals surface area contributed by atoms with E-state index in [0.29, 0.717) is 37.2 Å². The minimum absolute atomic E-state index is 0.157. The van der Waals surface area contributed by atoms with Crippen LogP contribution in [-0.4, -0.2) is 43.4 Å². The summed E-state index contributed by atoms with van der Waals surface area (Å²) in [6.45, 7) is 8.59. The maximum absolute atomic E-state index is 14.8. The van der Waals surface area contributed by atoms with Gasteiger partial charge in [-0.2, -0.15) is 0 Å². The molecule has 1 amide bonds. The van der Waals surface area contributed by atoms with E-state index in [1.807, 2.05) is 27.7 Å². The maximum Gasteiger partial charge on any atom is 0.410 e. The fourth-order valence-electron chi connectivity index (χ4n) is 4.90. The Bertz CT molecular complexity index is 924. The Hall–Kier alpha value is -1.83. The number of carbonyl (C=O) groups excluding carboxylic acids is 1. The molecule has 3 aliphatic rings. The first-order chi connectivity index (χ1) is 13.5. The molecule has 1 aromatic carbocycles. The number of amides is 1. The van der Waals surface area contributed by atoms with Crippen molar-refractivity contribution in [2.75, 3.05) is 17.8 Å². The van der Waals surface area contributed by atoms with E-state index in [1.165, 1.54) is 12.1 Å². The number of nitrogens with one attached hydrogen (secondary N) is 1. The zero-order valence-corrected chi connectivity index (χ0v) is 18.2.